The van der Waals surface area contributed by atoms with E-state index in [0.717, 1.165) is 37.4 Å². The topological polar surface area (TPSA) is 133 Å². The zero-order chi connectivity index (χ0) is 32.6. The summed E-state index contributed by atoms with van der Waals surface area (Å²) in [6, 6.07) is 5.15. The average molecular weight is 664 g/mol. The van der Waals surface area contributed by atoms with E-state index < -0.39 is 17.7 Å². The highest BCUT2D eigenvalue weighted by atomic mass is 32.1. The van der Waals surface area contributed by atoms with Crippen LogP contribution in [0.25, 0.3) is 32.1 Å². The van der Waals surface area contributed by atoms with Crippen LogP contribution in [-0.4, -0.2) is 102 Å². The third-order valence-corrected chi connectivity index (χ3v) is 10.7. The molecular formula is C33H35F2N7O4S. The maximum absolute atomic E-state index is 17.3. The lowest BCUT2D eigenvalue weighted by Crippen LogP contribution is -2.69. The number of ether oxygens (including phenoxy) is 3. The van der Waals surface area contributed by atoms with E-state index >= 15 is 8.78 Å². The van der Waals surface area contributed by atoms with E-state index in [9.17, 15) is 10.4 Å². The molecule has 7 heterocycles. The first-order valence-electron chi connectivity index (χ1n) is 15.9. The number of morpholine rings is 1. The molecule has 4 fully saturated rings. The molecule has 0 aliphatic carbocycles. The number of nitrogens with two attached hydrogens (primary N) is 1. The van der Waals surface area contributed by atoms with Gasteiger partial charge in [-0.2, -0.15) is 15.2 Å². The Bertz CT molecular complexity index is 1940. The van der Waals surface area contributed by atoms with Gasteiger partial charge in [-0.05, 0) is 43.7 Å². The van der Waals surface area contributed by atoms with Crippen LogP contribution in [0.3, 0.4) is 0 Å². The number of halogens is 2. The van der Waals surface area contributed by atoms with Crippen molar-refractivity contribution in [3.63, 3.8) is 0 Å². The number of nitrogen functional groups attached to an aromatic ring is 1. The number of aliphatic hydroxyl groups is 1. The summed E-state index contributed by atoms with van der Waals surface area (Å²) in [5.41, 5.74) is 7.48. The Balaban J connectivity index is 1.31. The number of benzene rings is 2. The standard InChI is InChI=1S/C33H35F2N7O4S/c1-16(43)9-41-10-17-7-18(11-41)42(17)32-27-22-15-44-14-21(22)26(28-23(34)3-4-24-25(28)20(8-36)31(37)47-24)29(35)30(27)38-33(39-32)46-13-19-12-40(2)5-6-45-19/h3-4,16-19,43H,5-7,9-15,37H2,1-2H3/t16?,17?,18?,19-/m1/s1. The van der Waals surface area contributed by atoms with Crippen LogP contribution in [0.4, 0.5) is 19.6 Å². The predicted octanol–water partition coefficient (Wildman–Crippen LogP) is 3.63. The molecule has 0 spiro atoms. The number of likely N-dealkylation sites (N-methyl/N-ethyl adjacent to an activating group) is 1. The van der Waals surface area contributed by atoms with Crippen LogP contribution in [0.2, 0.25) is 0 Å². The molecule has 5 aliphatic rings. The Kier molecular flexibility index (Phi) is 7.66. The predicted molar refractivity (Wildman–Crippen MR) is 173 cm³/mol. The maximum Gasteiger partial charge on any atom is 0.319 e. The third-order valence-electron chi connectivity index (χ3n) is 9.73. The summed E-state index contributed by atoms with van der Waals surface area (Å²) in [5, 5.41) is 21.0. The third kappa shape index (κ3) is 5.08. The molecule has 0 radical (unpaired) electrons. The second-order valence-electron chi connectivity index (χ2n) is 13.0. The molecular weight excluding hydrogens is 628 g/mol. The van der Waals surface area contributed by atoms with Crippen molar-refractivity contribution in [2.24, 2.45) is 0 Å². The van der Waals surface area contributed by atoms with Gasteiger partial charge in [0.05, 0.1) is 36.9 Å². The molecule has 4 aromatic rings. The zero-order valence-corrected chi connectivity index (χ0v) is 26.9. The van der Waals surface area contributed by atoms with Crippen LogP contribution in [0, 0.1) is 23.0 Å². The Morgan fingerprint density at radius 1 is 1.15 bits per heavy atom. The van der Waals surface area contributed by atoms with Crippen LogP contribution in [0.1, 0.15) is 30.0 Å². The molecule has 11 nitrogen and oxygen atoms in total. The van der Waals surface area contributed by atoms with Crippen molar-refractivity contribution >= 4 is 43.1 Å². The van der Waals surface area contributed by atoms with Crippen molar-refractivity contribution in [1.29, 1.82) is 5.26 Å². The molecule has 9 rings (SSSR count). The minimum atomic E-state index is -0.729. The molecule has 2 bridgehead atoms. The molecule has 2 aromatic heterocycles. The number of nitriles is 1. The quantitative estimate of drug-likeness (QED) is 0.300. The van der Waals surface area contributed by atoms with E-state index in [1.54, 1.807) is 13.0 Å². The minimum absolute atomic E-state index is 0.00912. The van der Waals surface area contributed by atoms with E-state index in [1.807, 2.05) is 7.05 Å². The molecule has 4 atom stereocenters. The Morgan fingerprint density at radius 3 is 2.68 bits per heavy atom. The van der Waals surface area contributed by atoms with Gasteiger partial charge in [-0.15, -0.1) is 11.3 Å². The van der Waals surface area contributed by atoms with Gasteiger partial charge in [0, 0.05) is 66.0 Å². The number of aromatic nitrogens is 2. The van der Waals surface area contributed by atoms with Crippen LogP contribution in [-0.2, 0) is 22.7 Å². The van der Waals surface area contributed by atoms with Crippen LogP contribution < -0.4 is 15.4 Å². The molecule has 0 saturated carbocycles. The maximum atomic E-state index is 17.3. The number of hydrogen-bond donors (Lipinski definition) is 2. The molecule has 3 unspecified atom stereocenters. The summed E-state index contributed by atoms with van der Waals surface area (Å²) in [7, 11) is 2.02. The highest BCUT2D eigenvalue weighted by Crippen LogP contribution is 2.49. The fourth-order valence-electron chi connectivity index (χ4n) is 7.74. The van der Waals surface area contributed by atoms with E-state index in [2.05, 4.69) is 25.8 Å². The van der Waals surface area contributed by atoms with Gasteiger partial charge in [-0.25, -0.2) is 8.78 Å². The van der Waals surface area contributed by atoms with E-state index in [0.29, 0.717) is 46.7 Å². The molecule has 3 N–H and O–H groups in total. The fraction of sp³-hybridized carbons (Fsp3) is 0.485. The largest absolute Gasteiger partial charge is 0.461 e. The number of anilines is 2. The second-order valence-corrected chi connectivity index (χ2v) is 14.1. The molecule has 5 aliphatic heterocycles. The van der Waals surface area contributed by atoms with Crippen molar-refractivity contribution < 1.29 is 28.1 Å². The lowest BCUT2D eigenvalue weighted by atomic mass is 9.85. The Hall–Kier alpha value is -3.71. The first-order valence-corrected chi connectivity index (χ1v) is 16.7. The van der Waals surface area contributed by atoms with Gasteiger partial charge in [0.2, 0.25) is 0 Å². The average Bonchev–Trinajstić information content (AvgIpc) is 3.64. The number of piperidine rings is 1. The first kappa shape index (κ1) is 30.6. The number of nitrogens with zero attached hydrogens (tertiary/aromatic N) is 6. The van der Waals surface area contributed by atoms with Gasteiger partial charge in [0.1, 0.15) is 40.9 Å². The minimum Gasteiger partial charge on any atom is -0.461 e. The molecule has 246 valence electrons. The number of thiophene rings is 1. The van der Waals surface area contributed by atoms with E-state index in [1.165, 1.54) is 6.07 Å². The summed E-state index contributed by atoms with van der Waals surface area (Å²) < 4.78 is 51.7. The van der Waals surface area contributed by atoms with Gasteiger partial charge in [-0.3, -0.25) is 4.90 Å². The number of fused-ring (bicyclic) bond motifs is 6. The normalized spacial score (nSPS) is 23.6. The first-order chi connectivity index (χ1) is 22.7. The van der Waals surface area contributed by atoms with Gasteiger partial charge >= 0.3 is 6.01 Å². The number of piperazine rings is 1. The van der Waals surface area contributed by atoms with E-state index in [4.69, 9.17) is 24.9 Å². The summed E-state index contributed by atoms with van der Waals surface area (Å²) in [6.07, 6.45) is 0.297. The van der Waals surface area contributed by atoms with Crippen molar-refractivity contribution in [3.8, 4) is 23.2 Å². The van der Waals surface area contributed by atoms with Crippen molar-refractivity contribution in [2.75, 3.05) is 63.6 Å². The van der Waals surface area contributed by atoms with Crippen molar-refractivity contribution in [1.82, 2.24) is 19.8 Å². The zero-order valence-electron chi connectivity index (χ0n) is 26.1. The number of rotatable bonds is 7. The monoisotopic (exact) mass is 663 g/mol. The lowest BCUT2D eigenvalue weighted by Gasteiger charge is -2.57. The highest BCUT2D eigenvalue weighted by molar-refractivity contribution is 7.23. The molecule has 47 heavy (non-hydrogen) atoms. The number of hydrogen-bond acceptors (Lipinski definition) is 12. The van der Waals surface area contributed by atoms with E-state index in [-0.39, 0.29) is 76.6 Å². The van der Waals surface area contributed by atoms with Crippen LogP contribution in [0.5, 0.6) is 6.01 Å². The van der Waals surface area contributed by atoms with Gasteiger partial charge in [0.15, 0.2) is 5.82 Å². The highest BCUT2D eigenvalue weighted by Gasteiger charge is 2.47. The Morgan fingerprint density at radius 2 is 1.94 bits per heavy atom. The molecule has 2 aromatic carbocycles. The summed E-state index contributed by atoms with van der Waals surface area (Å²) >= 11 is 1.16. The summed E-state index contributed by atoms with van der Waals surface area (Å²) in [6.45, 7) is 6.31. The number of aliphatic hydroxyl groups excluding tert-OH is 1. The fourth-order valence-corrected chi connectivity index (χ4v) is 8.67. The second kappa shape index (κ2) is 11.8. The van der Waals surface area contributed by atoms with Crippen LogP contribution in [0.15, 0.2) is 12.1 Å². The van der Waals surface area contributed by atoms with Gasteiger partial charge in [0.25, 0.3) is 0 Å². The summed E-state index contributed by atoms with van der Waals surface area (Å²) in [5.74, 6) is -0.833. The summed E-state index contributed by atoms with van der Waals surface area (Å²) in [4.78, 5) is 16.2. The molecule has 4 saturated heterocycles. The smallest absolute Gasteiger partial charge is 0.319 e. The molecule has 14 heteroatoms. The SMILES string of the molecule is CC(O)CN1CC2CC(C1)N2c1nc(OC[C@H]2CN(C)CCO2)nc2c(F)c(-c3c(F)ccc4sc(N)c(C#N)c34)c3c(c12)COC3. The van der Waals surface area contributed by atoms with Crippen molar-refractivity contribution in [2.45, 2.75) is 50.8 Å². The van der Waals surface area contributed by atoms with Gasteiger partial charge < -0.3 is 34.9 Å². The lowest BCUT2D eigenvalue weighted by molar-refractivity contribution is -0.0416. The van der Waals surface area contributed by atoms with Gasteiger partial charge in [-0.1, -0.05) is 0 Å². The Labute approximate surface area is 274 Å². The molecule has 0 amide bonds. The van der Waals surface area contributed by atoms with Crippen molar-refractivity contribution in [3.05, 3.63) is 40.5 Å². The van der Waals surface area contributed by atoms with Crippen LogP contribution >= 0.6 is 11.3 Å².